The van der Waals surface area contributed by atoms with Gasteiger partial charge in [-0.15, -0.1) is 0 Å². The van der Waals surface area contributed by atoms with E-state index in [1.54, 1.807) is 24.5 Å². The van der Waals surface area contributed by atoms with Crippen molar-refractivity contribution in [1.29, 1.82) is 0 Å². The molecule has 0 saturated carbocycles. The largest absolute Gasteiger partial charge is 0.385 e. The third-order valence-corrected chi connectivity index (χ3v) is 5.95. The van der Waals surface area contributed by atoms with E-state index < -0.39 is 11.6 Å². The maximum Gasteiger partial charge on any atom is 0.174 e. The van der Waals surface area contributed by atoms with Gasteiger partial charge in [-0.1, -0.05) is 17.3 Å². The van der Waals surface area contributed by atoms with Crippen LogP contribution in [-0.4, -0.2) is 26.4 Å². The number of aromatic nitrogens is 3. The Bertz CT molecular complexity index is 1440. The maximum atomic E-state index is 14.0. The first-order valence-electron chi connectivity index (χ1n) is 11.5. The Morgan fingerprint density at radius 2 is 1.86 bits per heavy atom. The number of benzene rings is 1. The molecular formula is C28H22F2N4O2. The summed E-state index contributed by atoms with van der Waals surface area (Å²) in [5.74, 6) is -1.72. The van der Waals surface area contributed by atoms with E-state index in [1.807, 2.05) is 43.3 Å². The number of aryl methyl sites for hydroxylation is 2. The van der Waals surface area contributed by atoms with E-state index in [-0.39, 0.29) is 30.4 Å². The van der Waals surface area contributed by atoms with Crippen LogP contribution in [-0.2, 0) is 11.3 Å². The van der Waals surface area contributed by atoms with Crippen molar-refractivity contribution in [2.75, 3.05) is 0 Å². The average molecular weight is 485 g/mol. The molecule has 4 heterocycles. The third-order valence-electron chi connectivity index (χ3n) is 5.95. The van der Waals surface area contributed by atoms with Gasteiger partial charge in [0, 0.05) is 48.0 Å². The Balaban J connectivity index is 1.43. The molecule has 5 rings (SSSR count). The van der Waals surface area contributed by atoms with E-state index in [0.717, 1.165) is 34.6 Å². The lowest BCUT2D eigenvalue weighted by Crippen LogP contribution is -2.08. The molecule has 180 valence electrons. The number of Topliss-reactive ketones (excluding diaryl/α,β-unsaturated/α-hetero) is 1. The molecule has 0 spiro atoms. The van der Waals surface area contributed by atoms with Gasteiger partial charge in [0.1, 0.15) is 11.6 Å². The zero-order chi connectivity index (χ0) is 25.1. The molecule has 0 aliphatic carbocycles. The molecule has 0 unspecified atom stereocenters. The van der Waals surface area contributed by atoms with E-state index in [1.165, 1.54) is 0 Å². The van der Waals surface area contributed by atoms with Gasteiger partial charge in [-0.05, 0) is 55.3 Å². The number of hydrogen-bond donors (Lipinski definition) is 0. The van der Waals surface area contributed by atoms with E-state index in [2.05, 4.69) is 20.1 Å². The highest BCUT2D eigenvalue weighted by Crippen LogP contribution is 2.30. The molecule has 0 radical (unpaired) electrons. The second-order valence-electron chi connectivity index (χ2n) is 8.62. The second kappa shape index (κ2) is 10.1. The summed E-state index contributed by atoms with van der Waals surface area (Å²) in [6, 6.07) is 15.7. The van der Waals surface area contributed by atoms with Crippen LogP contribution < -0.4 is 0 Å². The van der Waals surface area contributed by atoms with Gasteiger partial charge in [0.25, 0.3) is 0 Å². The number of carbonyl (C=O) groups excluding carboxylic acids is 1. The highest BCUT2D eigenvalue weighted by atomic mass is 19.1. The fourth-order valence-electron chi connectivity index (χ4n) is 4.02. The molecule has 1 aromatic carbocycles. The Morgan fingerprint density at radius 3 is 2.61 bits per heavy atom. The quantitative estimate of drug-likeness (QED) is 0.310. The van der Waals surface area contributed by atoms with Gasteiger partial charge in [-0.3, -0.25) is 19.7 Å². The number of halogens is 2. The Labute approximate surface area is 206 Å². The third kappa shape index (κ3) is 5.17. The molecule has 6 nitrogen and oxygen atoms in total. The zero-order valence-electron chi connectivity index (χ0n) is 19.5. The van der Waals surface area contributed by atoms with Crippen molar-refractivity contribution in [1.82, 2.24) is 15.0 Å². The van der Waals surface area contributed by atoms with E-state index in [9.17, 15) is 13.6 Å². The number of ketones is 1. The summed E-state index contributed by atoms with van der Waals surface area (Å²) in [6.45, 7) is 1.95. The summed E-state index contributed by atoms with van der Waals surface area (Å²) in [7, 11) is 0. The number of carbonyl (C=O) groups is 1. The molecule has 0 N–H and O–H groups in total. The van der Waals surface area contributed by atoms with Crippen LogP contribution >= 0.6 is 0 Å². The fourth-order valence-corrected chi connectivity index (χ4v) is 4.02. The lowest BCUT2D eigenvalue weighted by Gasteiger charge is -2.10. The first-order chi connectivity index (χ1) is 17.5. The molecule has 3 aromatic heterocycles. The summed E-state index contributed by atoms with van der Waals surface area (Å²) in [5.41, 5.74) is 5.19. The molecule has 0 saturated heterocycles. The number of oxime groups is 1. The topological polar surface area (TPSA) is 77.3 Å². The predicted molar refractivity (Wildman–Crippen MR) is 130 cm³/mol. The summed E-state index contributed by atoms with van der Waals surface area (Å²) >= 11 is 0. The molecular weight excluding hydrogens is 462 g/mol. The van der Waals surface area contributed by atoms with Crippen molar-refractivity contribution in [3.63, 3.8) is 0 Å². The van der Waals surface area contributed by atoms with Crippen LogP contribution in [0.25, 0.3) is 11.3 Å². The Hall–Kier alpha value is -4.33. The van der Waals surface area contributed by atoms with Crippen molar-refractivity contribution < 1.29 is 18.4 Å². The smallest absolute Gasteiger partial charge is 0.174 e. The second-order valence-corrected chi connectivity index (χ2v) is 8.62. The van der Waals surface area contributed by atoms with Crippen LogP contribution in [0.2, 0.25) is 0 Å². The number of rotatable bonds is 7. The minimum Gasteiger partial charge on any atom is -0.385 e. The van der Waals surface area contributed by atoms with Gasteiger partial charge in [-0.25, -0.2) is 8.78 Å². The molecule has 4 aromatic rings. The van der Waals surface area contributed by atoms with Crippen molar-refractivity contribution in [2.24, 2.45) is 5.16 Å². The summed E-state index contributed by atoms with van der Waals surface area (Å²) < 4.78 is 27.2. The van der Waals surface area contributed by atoms with Gasteiger partial charge >= 0.3 is 0 Å². The van der Waals surface area contributed by atoms with Gasteiger partial charge in [0.05, 0.1) is 29.0 Å². The maximum absolute atomic E-state index is 14.0. The normalized spacial score (nSPS) is 14.9. The van der Waals surface area contributed by atoms with Gasteiger partial charge in [0.15, 0.2) is 11.9 Å². The Kier molecular flexibility index (Phi) is 6.58. The van der Waals surface area contributed by atoms with Crippen LogP contribution in [0.3, 0.4) is 0 Å². The lowest BCUT2D eigenvalue weighted by atomic mass is 9.94. The predicted octanol–water partition coefficient (Wildman–Crippen LogP) is 5.81. The standard InChI is InChI=1S/C28H22F2N4O2/c1-17-5-6-23(32-15-17)18-10-19(26-14-28(36-34-26)25-4-2-3-9-31-25)12-20(11-18)27(35)8-7-24-22(30)13-21(29)16-33-24/h2-6,9-13,15-16,28H,7-8,14H2,1H3/t28-/m0/s1. The molecule has 1 aliphatic heterocycles. The molecule has 1 atom stereocenters. The average Bonchev–Trinajstić information content (AvgIpc) is 3.39. The van der Waals surface area contributed by atoms with Gasteiger partial charge in [-0.2, -0.15) is 0 Å². The van der Waals surface area contributed by atoms with Gasteiger partial charge in [0.2, 0.25) is 0 Å². The van der Waals surface area contributed by atoms with E-state index in [0.29, 0.717) is 23.4 Å². The number of nitrogens with zero attached hydrogens (tertiary/aromatic N) is 4. The number of hydrogen-bond acceptors (Lipinski definition) is 6. The monoisotopic (exact) mass is 484 g/mol. The first kappa shape index (κ1) is 23.4. The van der Waals surface area contributed by atoms with Crippen molar-refractivity contribution >= 4 is 11.5 Å². The molecule has 36 heavy (non-hydrogen) atoms. The summed E-state index contributed by atoms with van der Waals surface area (Å²) in [5, 5.41) is 4.28. The fraction of sp³-hybridized carbons (Fsp3) is 0.179. The molecule has 0 bridgehead atoms. The van der Waals surface area contributed by atoms with E-state index >= 15 is 0 Å². The molecule has 0 fully saturated rings. The van der Waals surface area contributed by atoms with Crippen molar-refractivity contribution in [3.05, 3.63) is 113 Å². The van der Waals surface area contributed by atoms with Crippen molar-refractivity contribution in [2.45, 2.75) is 32.3 Å². The molecule has 0 amide bonds. The summed E-state index contributed by atoms with van der Waals surface area (Å²) in [6.07, 6.45) is 4.67. The van der Waals surface area contributed by atoms with Gasteiger partial charge < -0.3 is 4.84 Å². The van der Waals surface area contributed by atoms with Crippen LogP contribution in [0, 0.1) is 18.6 Å². The first-order valence-corrected chi connectivity index (χ1v) is 11.5. The van der Waals surface area contributed by atoms with Crippen LogP contribution in [0.1, 0.15) is 51.8 Å². The highest BCUT2D eigenvalue weighted by Gasteiger charge is 2.26. The van der Waals surface area contributed by atoms with Crippen molar-refractivity contribution in [3.8, 4) is 11.3 Å². The Morgan fingerprint density at radius 1 is 1.00 bits per heavy atom. The highest BCUT2D eigenvalue weighted by molar-refractivity contribution is 6.05. The minimum absolute atomic E-state index is 0.0132. The number of pyridine rings is 3. The lowest BCUT2D eigenvalue weighted by molar-refractivity contribution is 0.0826. The van der Waals surface area contributed by atoms with E-state index in [4.69, 9.17) is 4.84 Å². The summed E-state index contributed by atoms with van der Waals surface area (Å²) in [4.78, 5) is 31.4. The van der Waals surface area contributed by atoms with Crippen LogP contribution in [0.5, 0.6) is 0 Å². The van der Waals surface area contributed by atoms with Crippen LogP contribution in [0.15, 0.2) is 78.3 Å². The van der Waals surface area contributed by atoms with Crippen LogP contribution in [0.4, 0.5) is 8.78 Å². The SMILES string of the molecule is Cc1ccc(-c2cc(C(=O)CCc3ncc(F)cc3F)cc(C3=NO[C@H](c4ccccn4)C3)c2)nc1. The zero-order valence-corrected chi connectivity index (χ0v) is 19.5. The molecule has 8 heteroatoms. The minimum atomic E-state index is -0.765. The molecule has 1 aliphatic rings.